The van der Waals surface area contributed by atoms with E-state index in [1.807, 2.05) is 12.1 Å². The van der Waals surface area contributed by atoms with E-state index < -0.39 is 0 Å². The summed E-state index contributed by atoms with van der Waals surface area (Å²) in [7, 11) is 1.38. The molecule has 2 aromatic carbocycles. The molecule has 4 heteroatoms. The Hall–Kier alpha value is -2.62. The zero-order valence-corrected chi connectivity index (χ0v) is 14.3. The van der Waals surface area contributed by atoms with Crippen molar-refractivity contribution in [2.45, 2.75) is 32.1 Å². The molecule has 1 N–H and O–H groups in total. The van der Waals surface area contributed by atoms with Gasteiger partial charge >= 0.3 is 5.97 Å². The monoisotopic (exact) mass is 338 g/mol. The van der Waals surface area contributed by atoms with E-state index in [9.17, 15) is 14.7 Å². The van der Waals surface area contributed by atoms with E-state index in [2.05, 4.69) is 6.07 Å². The molecule has 0 bridgehead atoms. The number of methoxy groups -OCH3 is 1. The van der Waals surface area contributed by atoms with Gasteiger partial charge in [0.25, 0.3) is 0 Å². The van der Waals surface area contributed by atoms with Gasteiger partial charge in [0.2, 0.25) is 0 Å². The predicted molar refractivity (Wildman–Crippen MR) is 94.7 cm³/mol. The molecule has 0 unspecified atom stereocenters. The first-order chi connectivity index (χ1) is 12.1. The lowest BCUT2D eigenvalue weighted by atomic mass is 9.88. The largest absolute Gasteiger partial charge is 0.507 e. The third-order valence-corrected chi connectivity index (χ3v) is 4.85. The summed E-state index contributed by atoms with van der Waals surface area (Å²) in [6.07, 6.45) is 3.54. The Balaban J connectivity index is 1.84. The first-order valence-electron chi connectivity index (χ1n) is 8.58. The van der Waals surface area contributed by atoms with E-state index in [0.717, 1.165) is 30.4 Å². The summed E-state index contributed by atoms with van der Waals surface area (Å²) in [6, 6.07) is 12.7. The van der Waals surface area contributed by atoms with E-state index in [1.165, 1.54) is 12.7 Å². The smallest absolute Gasteiger partial charge is 0.309 e. The van der Waals surface area contributed by atoms with Crippen molar-refractivity contribution in [3.63, 3.8) is 0 Å². The van der Waals surface area contributed by atoms with Crippen molar-refractivity contribution in [3.8, 4) is 5.75 Å². The maximum Gasteiger partial charge on any atom is 0.309 e. The zero-order valence-electron chi connectivity index (χ0n) is 14.3. The molecule has 0 saturated heterocycles. The van der Waals surface area contributed by atoms with Gasteiger partial charge in [-0.1, -0.05) is 30.3 Å². The molecule has 4 nitrogen and oxygen atoms in total. The Labute approximate surface area is 147 Å². The highest BCUT2D eigenvalue weighted by Gasteiger charge is 2.25. The van der Waals surface area contributed by atoms with E-state index >= 15 is 0 Å². The zero-order chi connectivity index (χ0) is 17.8. The molecule has 0 aliphatic heterocycles. The van der Waals surface area contributed by atoms with Gasteiger partial charge in [0.15, 0.2) is 5.78 Å². The third-order valence-electron chi connectivity index (χ3n) is 4.85. The number of carbonyl (C=O) groups is 2. The first-order valence-corrected chi connectivity index (χ1v) is 8.58. The highest BCUT2D eigenvalue weighted by Crippen LogP contribution is 2.30. The van der Waals surface area contributed by atoms with Gasteiger partial charge in [-0.2, -0.15) is 0 Å². The van der Waals surface area contributed by atoms with Crippen LogP contribution in [0.15, 0.2) is 42.5 Å². The maximum atomic E-state index is 12.9. The summed E-state index contributed by atoms with van der Waals surface area (Å²) in [5, 5.41) is 9.98. The number of phenols is 1. The Morgan fingerprint density at radius 3 is 2.72 bits per heavy atom. The summed E-state index contributed by atoms with van der Waals surface area (Å²) in [4.78, 5) is 24.4. The third kappa shape index (κ3) is 3.90. The van der Waals surface area contributed by atoms with Crippen LogP contribution in [-0.2, 0) is 28.8 Å². The molecular formula is C21H22O4. The van der Waals surface area contributed by atoms with Crippen molar-refractivity contribution in [1.29, 1.82) is 0 Å². The van der Waals surface area contributed by atoms with E-state index in [1.54, 1.807) is 24.3 Å². The van der Waals surface area contributed by atoms with Crippen molar-refractivity contribution >= 4 is 11.8 Å². The predicted octanol–water partition coefficient (Wildman–Crippen LogP) is 3.49. The number of Topliss-reactive ketones (excluding diaryl/α,β-unsaturated/α-hetero) is 1. The van der Waals surface area contributed by atoms with Crippen molar-refractivity contribution < 1.29 is 19.4 Å². The number of phenolic OH excluding ortho intramolecular Hbond substituents is 1. The maximum absolute atomic E-state index is 12.9. The summed E-state index contributed by atoms with van der Waals surface area (Å²) in [6.45, 7) is 0. The minimum Gasteiger partial charge on any atom is -0.507 e. The summed E-state index contributed by atoms with van der Waals surface area (Å²) >= 11 is 0. The van der Waals surface area contributed by atoms with Crippen molar-refractivity contribution in [1.82, 2.24) is 0 Å². The first kappa shape index (κ1) is 17.2. The van der Waals surface area contributed by atoms with Crippen molar-refractivity contribution in [3.05, 3.63) is 64.7 Å². The summed E-state index contributed by atoms with van der Waals surface area (Å²) < 4.78 is 4.73. The number of aromatic hydroxyl groups is 1. The van der Waals surface area contributed by atoms with Gasteiger partial charge < -0.3 is 9.84 Å². The van der Waals surface area contributed by atoms with Gasteiger partial charge in [0.1, 0.15) is 5.75 Å². The van der Waals surface area contributed by atoms with Gasteiger partial charge in [-0.15, -0.1) is 0 Å². The fourth-order valence-electron chi connectivity index (χ4n) is 3.49. The fraction of sp³-hybridized carbons (Fsp3) is 0.333. The quantitative estimate of drug-likeness (QED) is 0.527. The van der Waals surface area contributed by atoms with Crippen LogP contribution < -0.4 is 0 Å². The minimum absolute atomic E-state index is 0.00989. The van der Waals surface area contributed by atoms with Crippen LogP contribution >= 0.6 is 0 Å². The molecular weight excluding hydrogens is 316 g/mol. The number of ether oxygens (including phenoxy) is 1. The lowest BCUT2D eigenvalue weighted by molar-refractivity contribution is -0.139. The number of ketones is 1. The fourth-order valence-corrected chi connectivity index (χ4v) is 3.49. The molecule has 0 heterocycles. The number of esters is 1. The molecule has 2 aromatic rings. The number of fused-ring (bicyclic) bond motifs is 1. The molecule has 0 amide bonds. The Bertz CT molecular complexity index is 794. The number of carbonyl (C=O) groups excluding carboxylic acids is 2. The van der Waals surface area contributed by atoms with Gasteiger partial charge in [-0.3, -0.25) is 9.59 Å². The topological polar surface area (TPSA) is 63.6 Å². The van der Waals surface area contributed by atoms with Crippen LogP contribution in [0.1, 0.15) is 39.9 Å². The van der Waals surface area contributed by atoms with Gasteiger partial charge in [-0.05, 0) is 54.5 Å². The highest BCUT2D eigenvalue weighted by molar-refractivity contribution is 6.00. The second-order valence-electron chi connectivity index (χ2n) is 6.53. The summed E-state index contributed by atoms with van der Waals surface area (Å²) in [5.74, 6) is -0.390. The molecule has 0 aromatic heterocycles. The standard InChI is InChI=1S/C21H22O4/c1-25-20(23)12-14-9-10-15-5-4-6-16(13-17(15)11-14)21(24)18-7-2-3-8-19(18)22/h2-3,7-11,16,22H,4-6,12-13H2,1H3/t16-/m0/s1. The van der Waals surface area contributed by atoms with Gasteiger partial charge in [0, 0.05) is 5.92 Å². The molecule has 0 radical (unpaired) electrons. The minimum atomic E-state index is -0.268. The second kappa shape index (κ2) is 7.51. The number of rotatable bonds is 4. The van der Waals surface area contributed by atoms with Crippen LogP contribution in [0.5, 0.6) is 5.75 Å². The molecule has 0 spiro atoms. The molecule has 1 atom stereocenters. The number of hydrogen-bond acceptors (Lipinski definition) is 4. The second-order valence-corrected chi connectivity index (χ2v) is 6.53. The Kier molecular flexibility index (Phi) is 5.17. The van der Waals surface area contributed by atoms with E-state index in [4.69, 9.17) is 4.74 Å². The molecule has 25 heavy (non-hydrogen) atoms. The number of hydrogen-bond donors (Lipinski definition) is 1. The molecule has 0 saturated carbocycles. The number of para-hydroxylation sites is 1. The van der Waals surface area contributed by atoms with Crippen LogP contribution in [0.2, 0.25) is 0 Å². The molecule has 1 aliphatic carbocycles. The van der Waals surface area contributed by atoms with Gasteiger partial charge in [-0.25, -0.2) is 0 Å². The van der Waals surface area contributed by atoms with Crippen LogP contribution in [0.3, 0.4) is 0 Å². The molecule has 0 fully saturated rings. The van der Waals surface area contributed by atoms with Crippen molar-refractivity contribution in [2.24, 2.45) is 5.92 Å². The van der Waals surface area contributed by atoms with E-state index in [-0.39, 0.29) is 29.8 Å². The van der Waals surface area contributed by atoms with Gasteiger partial charge in [0.05, 0.1) is 19.1 Å². The van der Waals surface area contributed by atoms with E-state index in [0.29, 0.717) is 12.0 Å². The highest BCUT2D eigenvalue weighted by atomic mass is 16.5. The van der Waals surface area contributed by atoms with Crippen molar-refractivity contribution in [2.75, 3.05) is 7.11 Å². The summed E-state index contributed by atoms with van der Waals surface area (Å²) in [5.41, 5.74) is 3.65. The van der Waals surface area contributed by atoms with Crippen LogP contribution in [0, 0.1) is 5.92 Å². The van der Waals surface area contributed by atoms with Crippen LogP contribution in [0.25, 0.3) is 0 Å². The normalized spacial score (nSPS) is 16.6. The molecule has 1 aliphatic rings. The van der Waals surface area contributed by atoms with Crippen LogP contribution in [0.4, 0.5) is 0 Å². The average molecular weight is 338 g/mol. The Morgan fingerprint density at radius 2 is 1.96 bits per heavy atom. The number of benzene rings is 2. The average Bonchev–Trinajstić information content (AvgIpc) is 2.83. The molecule has 3 rings (SSSR count). The molecule has 130 valence electrons. The van der Waals surface area contributed by atoms with Crippen LogP contribution in [-0.4, -0.2) is 24.0 Å². The number of aryl methyl sites for hydroxylation is 1. The SMILES string of the molecule is COC(=O)Cc1ccc2c(c1)C[C@@H](C(=O)c1ccccc1O)CCC2. The Morgan fingerprint density at radius 1 is 1.16 bits per heavy atom. The lowest BCUT2D eigenvalue weighted by Crippen LogP contribution is -2.17. The lowest BCUT2D eigenvalue weighted by Gasteiger charge is -2.15.